The largest absolute Gasteiger partial charge is 0.481 e. The Balaban J connectivity index is 0.000000235. The van der Waals surface area contributed by atoms with Crippen molar-refractivity contribution in [2.24, 2.45) is 5.92 Å². The molecule has 0 radical (unpaired) electrons. The van der Waals surface area contributed by atoms with E-state index in [4.69, 9.17) is 10.4 Å². The smallest absolute Gasteiger partial charge is 0.306 e. The Morgan fingerprint density at radius 2 is 2.27 bits per heavy atom. The second-order valence-corrected chi connectivity index (χ2v) is 4.84. The van der Waals surface area contributed by atoms with Crippen molar-refractivity contribution in [2.45, 2.75) is 33.1 Å². The predicted octanol–water partition coefficient (Wildman–Crippen LogP) is 2.11. The number of aryl methyl sites for hydroxylation is 1. The number of rotatable bonds is 5. The van der Waals surface area contributed by atoms with E-state index in [1.165, 1.54) is 0 Å². The van der Waals surface area contributed by atoms with Crippen molar-refractivity contribution in [2.75, 3.05) is 0 Å². The molecular formula is C15H19N5O2. The molecule has 1 heterocycles. The van der Waals surface area contributed by atoms with Crippen LogP contribution in [0.2, 0.25) is 0 Å². The Hall–Kier alpha value is -2.75. The first-order valence-corrected chi connectivity index (χ1v) is 6.98. The van der Waals surface area contributed by atoms with Gasteiger partial charge in [-0.05, 0) is 31.0 Å². The van der Waals surface area contributed by atoms with E-state index in [0.29, 0.717) is 18.7 Å². The third-order valence-corrected chi connectivity index (χ3v) is 2.95. The van der Waals surface area contributed by atoms with Gasteiger partial charge in [-0.1, -0.05) is 30.7 Å². The molecule has 7 heteroatoms. The van der Waals surface area contributed by atoms with Crippen LogP contribution < -0.4 is 0 Å². The molecule has 0 aliphatic heterocycles. The van der Waals surface area contributed by atoms with Crippen LogP contribution in [0.5, 0.6) is 0 Å². The van der Waals surface area contributed by atoms with E-state index >= 15 is 0 Å². The molecule has 1 aromatic heterocycles. The number of aromatic amines is 1. The molecule has 0 bridgehead atoms. The summed E-state index contributed by atoms with van der Waals surface area (Å²) in [4.78, 5) is 10.7. The lowest BCUT2D eigenvalue weighted by Crippen LogP contribution is -2.16. The maximum atomic E-state index is 10.7. The number of H-pyrrole nitrogens is 1. The number of nitrogens with one attached hydrogen (secondary N) is 1. The van der Waals surface area contributed by atoms with Crippen molar-refractivity contribution >= 4 is 5.97 Å². The van der Waals surface area contributed by atoms with E-state index in [9.17, 15) is 4.79 Å². The normalized spacial score (nSPS) is 11.0. The molecule has 2 rings (SSSR count). The summed E-state index contributed by atoms with van der Waals surface area (Å²) in [5.41, 5.74) is 1.86. The number of carboxylic acids is 1. The number of nitriles is 1. The molecule has 116 valence electrons. The van der Waals surface area contributed by atoms with E-state index in [2.05, 4.69) is 26.7 Å². The van der Waals surface area contributed by atoms with E-state index < -0.39 is 11.9 Å². The highest BCUT2D eigenvalue weighted by atomic mass is 16.4. The average Bonchev–Trinajstić information content (AvgIpc) is 3.00. The van der Waals surface area contributed by atoms with Gasteiger partial charge in [0.25, 0.3) is 0 Å². The third kappa shape index (κ3) is 6.13. The minimum Gasteiger partial charge on any atom is -0.481 e. The summed E-state index contributed by atoms with van der Waals surface area (Å²) in [5.74, 6) is -0.741. The van der Waals surface area contributed by atoms with Crippen molar-refractivity contribution in [3.05, 3.63) is 41.2 Å². The number of benzene rings is 1. The number of aliphatic carboxylic acids is 1. The summed E-state index contributed by atoms with van der Waals surface area (Å²) in [7, 11) is 0. The maximum Gasteiger partial charge on any atom is 0.306 e. The molecule has 1 unspecified atom stereocenters. The van der Waals surface area contributed by atoms with Crippen LogP contribution in [0, 0.1) is 24.2 Å². The molecule has 2 aromatic rings. The van der Waals surface area contributed by atoms with Crippen molar-refractivity contribution < 1.29 is 9.90 Å². The summed E-state index contributed by atoms with van der Waals surface area (Å²) in [6, 6.07) is 9.58. The van der Waals surface area contributed by atoms with E-state index in [0.717, 1.165) is 17.5 Å². The number of hydrogen-bond acceptors (Lipinski definition) is 5. The minimum atomic E-state index is -0.799. The SMILES string of the molecule is CCCC(Cc1nn[nH]n1)C(=O)O.Cc1cccc(C#N)c1. The van der Waals surface area contributed by atoms with Gasteiger partial charge in [-0.25, -0.2) is 0 Å². The van der Waals surface area contributed by atoms with E-state index in [-0.39, 0.29) is 0 Å². The standard InChI is InChI=1S/C8H7N.C7H12N4O2/c1-7-3-2-4-8(5-7)6-9;1-2-3-5(7(12)13)4-6-8-10-11-9-6/h2-5H,1H3;5H,2-4H2,1H3,(H,12,13)(H,8,9,10,11). The van der Waals surface area contributed by atoms with Crippen LogP contribution in [-0.4, -0.2) is 31.7 Å². The lowest BCUT2D eigenvalue weighted by molar-refractivity contribution is -0.142. The van der Waals surface area contributed by atoms with Gasteiger partial charge in [-0.15, -0.1) is 10.2 Å². The van der Waals surface area contributed by atoms with Crippen LogP contribution in [0.3, 0.4) is 0 Å². The number of hydrogen-bond donors (Lipinski definition) is 2. The molecule has 0 spiro atoms. The Labute approximate surface area is 129 Å². The summed E-state index contributed by atoms with van der Waals surface area (Å²) < 4.78 is 0. The first-order chi connectivity index (χ1) is 10.6. The van der Waals surface area contributed by atoms with Gasteiger partial charge in [0.2, 0.25) is 0 Å². The Morgan fingerprint density at radius 3 is 2.73 bits per heavy atom. The highest BCUT2D eigenvalue weighted by Gasteiger charge is 2.18. The summed E-state index contributed by atoms with van der Waals surface area (Å²) in [5, 5.41) is 30.3. The van der Waals surface area contributed by atoms with Crippen molar-refractivity contribution in [1.29, 1.82) is 5.26 Å². The molecule has 22 heavy (non-hydrogen) atoms. The van der Waals surface area contributed by atoms with Crippen LogP contribution in [0.1, 0.15) is 36.7 Å². The molecule has 1 aromatic carbocycles. The lowest BCUT2D eigenvalue weighted by atomic mass is 10.00. The van der Waals surface area contributed by atoms with Crippen LogP contribution in [0.15, 0.2) is 24.3 Å². The minimum absolute atomic E-state index is 0.347. The van der Waals surface area contributed by atoms with Crippen molar-refractivity contribution in [3.8, 4) is 6.07 Å². The average molecular weight is 301 g/mol. The van der Waals surface area contributed by atoms with Gasteiger partial charge in [-0.2, -0.15) is 10.5 Å². The molecule has 0 amide bonds. The molecule has 0 saturated heterocycles. The fourth-order valence-corrected chi connectivity index (χ4v) is 1.87. The Kier molecular flexibility index (Phi) is 7.26. The van der Waals surface area contributed by atoms with Crippen molar-refractivity contribution in [3.63, 3.8) is 0 Å². The summed E-state index contributed by atoms with van der Waals surface area (Å²) >= 11 is 0. The number of carboxylic acid groups (broad SMARTS) is 1. The highest BCUT2D eigenvalue weighted by molar-refractivity contribution is 5.70. The number of nitrogens with zero attached hydrogens (tertiary/aromatic N) is 4. The fourth-order valence-electron chi connectivity index (χ4n) is 1.87. The molecule has 0 saturated carbocycles. The fraction of sp³-hybridized carbons (Fsp3) is 0.400. The van der Waals surface area contributed by atoms with Crippen LogP contribution in [0.4, 0.5) is 0 Å². The monoisotopic (exact) mass is 301 g/mol. The predicted molar refractivity (Wildman–Crippen MR) is 79.8 cm³/mol. The zero-order valence-electron chi connectivity index (χ0n) is 12.7. The van der Waals surface area contributed by atoms with Gasteiger partial charge in [0, 0.05) is 6.42 Å². The molecule has 1 atom stereocenters. The van der Waals surface area contributed by atoms with Crippen LogP contribution in [-0.2, 0) is 11.2 Å². The first kappa shape index (κ1) is 17.3. The van der Waals surface area contributed by atoms with E-state index in [1.807, 2.05) is 32.0 Å². The summed E-state index contributed by atoms with van der Waals surface area (Å²) in [6.45, 7) is 3.92. The van der Waals surface area contributed by atoms with Crippen molar-refractivity contribution in [1.82, 2.24) is 20.6 Å². The number of tetrazole rings is 1. The second-order valence-electron chi connectivity index (χ2n) is 4.84. The van der Waals surface area contributed by atoms with Crippen LogP contribution in [0.25, 0.3) is 0 Å². The zero-order chi connectivity index (χ0) is 16.4. The molecule has 0 aliphatic rings. The highest BCUT2D eigenvalue weighted by Crippen LogP contribution is 2.10. The van der Waals surface area contributed by atoms with Gasteiger partial charge in [0.05, 0.1) is 17.6 Å². The van der Waals surface area contributed by atoms with Gasteiger partial charge in [0.1, 0.15) is 0 Å². The Morgan fingerprint density at radius 1 is 1.50 bits per heavy atom. The lowest BCUT2D eigenvalue weighted by Gasteiger charge is -2.06. The van der Waals surface area contributed by atoms with Gasteiger partial charge < -0.3 is 5.11 Å². The summed E-state index contributed by atoms with van der Waals surface area (Å²) in [6.07, 6.45) is 1.83. The zero-order valence-corrected chi connectivity index (χ0v) is 12.7. The molecule has 0 aliphatic carbocycles. The maximum absolute atomic E-state index is 10.7. The Bertz CT molecular complexity index is 619. The van der Waals surface area contributed by atoms with Crippen LogP contribution >= 0.6 is 0 Å². The number of carbonyl (C=O) groups is 1. The topological polar surface area (TPSA) is 116 Å². The second kappa shape index (κ2) is 9.23. The molecule has 7 nitrogen and oxygen atoms in total. The van der Waals surface area contributed by atoms with E-state index in [1.54, 1.807) is 6.07 Å². The first-order valence-electron chi connectivity index (χ1n) is 6.98. The van der Waals surface area contributed by atoms with Gasteiger partial charge >= 0.3 is 5.97 Å². The molecule has 2 N–H and O–H groups in total. The van der Waals surface area contributed by atoms with Gasteiger partial charge in [0.15, 0.2) is 5.82 Å². The molecule has 0 fully saturated rings. The molecular weight excluding hydrogens is 282 g/mol. The van der Waals surface area contributed by atoms with Gasteiger partial charge in [-0.3, -0.25) is 4.79 Å². The quantitative estimate of drug-likeness (QED) is 0.873. The number of aromatic nitrogens is 4. The third-order valence-electron chi connectivity index (χ3n) is 2.95.